The average Bonchev–Trinajstić information content (AvgIpc) is 2.68. The van der Waals surface area contributed by atoms with Crippen LogP contribution < -0.4 is 15.1 Å². The number of halogens is 1. The van der Waals surface area contributed by atoms with E-state index in [1.807, 2.05) is 6.92 Å². The molecule has 7 heteroatoms. The molecule has 0 unspecified atom stereocenters. The summed E-state index contributed by atoms with van der Waals surface area (Å²) in [6, 6.07) is 5.79. The lowest BCUT2D eigenvalue weighted by molar-refractivity contribution is -1.01. The van der Waals surface area contributed by atoms with E-state index >= 15 is 0 Å². The van der Waals surface area contributed by atoms with E-state index in [0.29, 0.717) is 24.1 Å². The van der Waals surface area contributed by atoms with Crippen LogP contribution in [0.2, 0.25) is 0 Å². The molecule has 3 atom stereocenters. The molecule has 1 aromatic rings. The number of piperazine rings is 1. The van der Waals surface area contributed by atoms with Crippen LogP contribution in [0.1, 0.15) is 27.2 Å². The Kier molecular flexibility index (Phi) is 7.24. The first-order valence-corrected chi connectivity index (χ1v) is 10.8. The highest BCUT2D eigenvalue weighted by molar-refractivity contribution is 5.91. The summed E-state index contributed by atoms with van der Waals surface area (Å²) in [5.41, 5.74) is 0.615. The largest absolute Gasteiger partial charge is 0.337 e. The normalized spacial score (nSPS) is 28.6. The molecule has 0 bridgehead atoms. The lowest BCUT2D eigenvalue weighted by atomic mass is 9.91. The van der Waals surface area contributed by atoms with E-state index in [1.54, 1.807) is 12.1 Å². The number of amides is 2. The SMILES string of the molecule is C[C@@H]1C[C@@H](C)CN(C(=O)[C@@H](C)[NH+]2CC[NH+](CC(=O)Nc3ccc(F)cc3)CC2)C1. The average molecular weight is 407 g/mol. The third-order valence-electron chi connectivity index (χ3n) is 6.30. The Hall–Kier alpha value is -1.99. The number of quaternary nitrogens is 2. The highest BCUT2D eigenvalue weighted by Crippen LogP contribution is 2.21. The van der Waals surface area contributed by atoms with E-state index in [9.17, 15) is 14.0 Å². The smallest absolute Gasteiger partial charge is 0.280 e. The third kappa shape index (κ3) is 6.00. The number of rotatable bonds is 5. The van der Waals surface area contributed by atoms with Gasteiger partial charge in [0.15, 0.2) is 12.6 Å². The van der Waals surface area contributed by atoms with E-state index in [4.69, 9.17) is 0 Å². The molecule has 2 amide bonds. The number of carbonyl (C=O) groups excluding carboxylic acids is 2. The van der Waals surface area contributed by atoms with Gasteiger partial charge in [0.2, 0.25) is 0 Å². The summed E-state index contributed by atoms with van der Waals surface area (Å²) in [5.74, 6) is 1.05. The Morgan fingerprint density at radius 3 is 2.28 bits per heavy atom. The molecule has 2 heterocycles. The van der Waals surface area contributed by atoms with Gasteiger partial charge >= 0.3 is 0 Å². The van der Waals surface area contributed by atoms with Crippen molar-refractivity contribution >= 4 is 17.5 Å². The molecular weight excluding hydrogens is 371 g/mol. The first-order valence-electron chi connectivity index (χ1n) is 10.8. The van der Waals surface area contributed by atoms with Crippen molar-refractivity contribution in [3.05, 3.63) is 30.1 Å². The van der Waals surface area contributed by atoms with Crippen LogP contribution in [-0.4, -0.2) is 68.6 Å². The fraction of sp³-hybridized carbons (Fsp3) is 0.636. The summed E-state index contributed by atoms with van der Waals surface area (Å²) in [7, 11) is 0. The van der Waals surface area contributed by atoms with Crippen molar-refractivity contribution < 1.29 is 23.8 Å². The molecule has 0 radical (unpaired) electrons. The minimum Gasteiger partial charge on any atom is -0.337 e. The van der Waals surface area contributed by atoms with Gasteiger partial charge in [0.05, 0.1) is 0 Å². The number of hydrogen-bond donors (Lipinski definition) is 3. The molecule has 3 N–H and O–H groups in total. The van der Waals surface area contributed by atoms with Crippen LogP contribution in [0, 0.1) is 17.7 Å². The summed E-state index contributed by atoms with van der Waals surface area (Å²) in [4.78, 5) is 29.9. The van der Waals surface area contributed by atoms with Gasteiger partial charge in [-0.15, -0.1) is 0 Å². The number of carbonyl (C=O) groups is 2. The number of nitrogens with one attached hydrogen (secondary N) is 3. The van der Waals surface area contributed by atoms with Gasteiger partial charge in [-0.25, -0.2) is 4.39 Å². The predicted octanol–water partition coefficient (Wildman–Crippen LogP) is -0.559. The van der Waals surface area contributed by atoms with Crippen LogP contribution in [0.4, 0.5) is 10.1 Å². The first kappa shape index (κ1) is 21.7. The van der Waals surface area contributed by atoms with Crippen LogP contribution in [0.25, 0.3) is 0 Å². The van der Waals surface area contributed by atoms with Crippen LogP contribution >= 0.6 is 0 Å². The van der Waals surface area contributed by atoms with Crippen molar-refractivity contribution in [2.75, 3.05) is 51.1 Å². The second-order valence-electron chi connectivity index (χ2n) is 9.05. The monoisotopic (exact) mass is 406 g/mol. The quantitative estimate of drug-likeness (QED) is 0.614. The van der Waals surface area contributed by atoms with Gasteiger partial charge in [-0.05, 0) is 49.4 Å². The van der Waals surface area contributed by atoms with E-state index in [1.165, 1.54) is 28.4 Å². The van der Waals surface area contributed by atoms with Crippen LogP contribution in [0.5, 0.6) is 0 Å². The predicted molar refractivity (Wildman–Crippen MR) is 110 cm³/mol. The zero-order valence-corrected chi connectivity index (χ0v) is 17.8. The zero-order valence-electron chi connectivity index (χ0n) is 17.8. The molecule has 0 saturated carbocycles. The van der Waals surface area contributed by atoms with Gasteiger partial charge < -0.3 is 20.0 Å². The molecule has 2 saturated heterocycles. The molecule has 29 heavy (non-hydrogen) atoms. The van der Waals surface area contributed by atoms with Crippen LogP contribution in [-0.2, 0) is 9.59 Å². The second kappa shape index (κ2) is 9.67. The number of anilines is 1. The molecule has 0 spiro atoms. The number of benzene rings is 1. The molecule has 1 aromatic carbocycles. The lowest BCUT2D eigenvalue weighted by Crippen LogP contribution is -3.30. The van der Waals surface area contributed by atoms with Crippen molar-refractivity contribution in [3.63, 3.8) is 0 Å². The van der Waals surface area contributed by atoms with E-state index in [0.717, 1.165) is 39.3 Å². The second-order valence-corrected chi connectivity index (χ2v) is 9.05. The van der Waals surface area contributed by atoms with Gasteiger partial charge in [-0.2, -0.15) is 0 Å². The Labute approximate surface area is 173 Å². The molecule has 0 aromatic heterocycles. The Balaban J connectivity index is 1.44. The fourth-order valence-corrected chi connectivity index (χ4v) is 4.79. The summed E-state index contributed by atoms with van der Waals surface area (Å²) in [5, 5.41) is 2.83. The zero-order chi connectivity index (χ0) is 21.0. The molecule has 0 aliphatic carbocycles. The van der Waals surface area contributed by atoms with Gasteiger partial charge in [0, 0.05) is 18.8 Å². The number of nitrogens with zero attached hydrogens (tertiary/aromatic N) is 1. The van der Waals surface area contributed by atoms with Crippen molar-refractivity contribution in [1.82, 2.24) is 4.90 Å². The van der Waals surface area contributed by atoms with Gasteiger partial charge in [0.25, 0.3) is 11.8 Å². The van der Waals surface area contributed by atoms with Crippen LogP contribution in [0.15, 0.2) is 24.3 Å². The lowest BCUT2D eigenvalue weighted by Gasteiger charge is -2.38. The number of likely N-dealkylation sites (tertiary alicyclic amines) is 1. The fourth-order valence-electron chi connectivity index (χ4n) is 4.79. The van der Waals surface area contributed by atoms with E-state index in [2.05, 4.69) is 24.1 Å². The Morgan fingerprint density at radius 1 is 1.10 bits per heavy atom. The minimum absolute atomic E-state index is 0.0258. The maximum absolute atomic E-state index is 13.0. The highest BCUT2D eigenvalue weighted by atomic mass is 19.1. The summed E-state index contributed by atoms with van der Waals surface area (Å²) < 4.78 is 13.0. The highest BCUT2D eigenvalue weighted by Gasteiger charge is 2.36. The topological polar surface area (TPSA) is 58.3 Å². The summed E-state index contributed by atoms with van der Waals surface area (Å²) in [6.07, 6.45) is 1.20. The maximum Gasteiger partial charge on any atom is 0.280 e. The van der Waals surface area contributed by atoms with E-state index < -0.39 is 0 Å². The molecule has 160 valence electrons. The minimum atomic E-state index is -0.315. The molecule has 2 fully saturated rings. The third-order valence-corrected chi connectivity index (χ3v) is 6.30. The number of hydrogen-bond acceptors (Lipinski definition) is 2. The standard InChI is InChI=1S/C22H33FN4O2/c1-16-12-17(2)14-27(13-16)22(29)18(3)26-10-8-25(9-11-26)15-21(28)24-20-6-4-19(23)5-7-20/h4-7,16-18H,8-15H2,1-3H3,(H,24,28)/p+2/t16-,17-,18-/m1/s1. The van der Waals surface area contributed by atoms with Crippen molar-refractivity contribution in [1.29, 1.82) is 0 Å². The Morgan fingerprint density at radius 2 is 1.69 bits per heavy atom. The summed E-state index contributed by atoms with van der Waals surface area (Å²) in [6.45, 7) is 12.2. The van der Waals surface area contributed by atoms with Gasteiger partial charge in [-0.1, -0.05) is 13.8 Å². The van der Waals surface area contributed by atoms with Crippen molar-refractivity contribution in [3.8, 4) is 0 Å². The van der Waals surface area contributed by atoms with Crippen LogP contribution in [0.3, 0.4) is 0 Å². The maximum atomic E-state index is 13.0. The molecule has 3 rings (SSSR count). The van der Waals surface area contributed by atoms with Crippen molar-refractivity contribution in [2.24, 2.45) is 11.8 Å². The van der Waals surface area contributed by atoms with Gasteiger partial charge in [-0.3, -0.25) is 9.59 Å². The molecule has 6 nitrogen and oxygen atoms in total. The first-order chi connectivity index (χ1) is 13.8. The van der Waals surface area contributed by atoms with E-state index in [-0.39, 0.29) is 23.7 Å². The van der Waals surface area contributed by atoms with Gasteiger partial charge in [0.1, 0.15) is 32.0 Å². The molecule has 2 aliphatic rings. The number of piperidine rings is 1. The molecular formula is C22H35FN4O2+2. The molecule has 2 aliphatic heterocycles. The Bertz CT molecular complexity index is 693. The van der Waals surface area contributed by atoms with Crippen molar-refractivity contribution in [2.45, 2.75) is 33.2 Å². The summed E-state index contributed by atoms with van der Waals surface area (Å²) >= 11 is 0.